The Hall–Kier alpha value is -2.56. The summed E-state index contributed by atoms with van der Waals surface area (Å²) in [5.41, 5.74) is 0.515. The second kappa shape index (κ2) is 5.67. The fourth-order valence-corrected chi connectivity index (χ4v) is 1.43. The van der Waals surface area contributed by atoms with Crippen molar-refractivity contribution in [2.24, 2.45) is 5.10 Å². The normalized spacial score (nSPS) is 10.5. The van der Waals surface area contributed by atoms with Crippen LogP contribution in [0.25, 0.3) is 0 Å². The Morgan fingerprint density at radius 2 is 2.00 bits per heavy atom. The number of aromatic nitrogens is 2. The van der Waals surface area contributed by atoms with E-state index in [-0.39, 0.29) is 5.91 Å². The zero-order valence-electron chi connectivity index (χ0n) is 9.89. The van der Waals surface area contributed by atoms with Crippen LogP contribution in [-0.4, -0.2) is 22.1 Å². The largest absolute Gasteiger partial charge is 0.280 e. The first-order valence-corrected chi connectivity index (χ1v) is 5.47. The Bertz CT molecular complexity index is 539. The summed E-state index contributed by atoms with van der Waals surface area (Å²) in [5, 5.41) is 5.31. The number of anilines is 1. The number of hydrogen-bond donors (Lipinski definition) is 0. The molecule has 2 rings (SSSR count). The summed E-state index contributed by atoms with van der Waals surface area (Å²) >= 11 is 0. The number of nitrogens with zero attached hydrogens (tertiary/aromatic N) is 4. The molecule has 90 valence electrons. The minimum atomic E-state index is -0.241. The lowest BCUT2D eigenvalue weighted by Gasteiger charge is -2.15. The molecule has 0 saturated carbocycles. The second-order valence-corrected chi connectivity index (χ2v) is 3.41. The highest BCUT2D eigenvalue weighted by Crippen LogP contribution is 2.13. The molecule has 0 spiro atoms. The molecule has 18 heavy (non-hydrogen) atoms. The maximum atomic E-state index is 12.3. The Morgan fingerprint density at radius 1 is 1.22 bits per heavy atom. The average Bonchev–Trinajstić information content (AvgIpc) is 2.46. The maximum Gasteiger partial charge on any atom is 0.280 e. The predicted octanol–water partition coefficient (Wildman–Crippen LogP) is 2.13. The van der Waals surface area contributed by atoms with Crippen LogP contribution < -0.4 is 5.01 Å². The van der Waals surface area contributed by atoms with Crippen LogP contribution in [0.15, 0.2) is 54.0 Å². The molecule has 0 aliphatic heterocycles. The summed E-state index contributed by atoms with van der Waals surface area (Å²) in [6.45, 7) is 1.75. The predicted molar refractivity (Wildman–Crippen MR) is 69.4 cm³/mol. The van der Waals surface area contributed by atoms with E-state index in [1.54, 1.807) is 62.1 Å². The van der Waals surface area contributed by atoms with Gasteiger partial charge >= 0.3 is 0 Å². The minimum Gasteiger partial charge on any atom is -0.267 e. The molecule has 0 fully saturated rings. The van der Waals surface area contributed by atoms with Crippen LogP contribution in [0, 0.1) is 0 Å². The van der Waals surface area contributed by atoms with Crippen LogP contribution in [0.2, 0.25) is 0 Å². The van der Waals surface area contributed by atoms with E-state index in [1.807, 2.05) is 0 Å². The first-order valence-electron chi connectivity index (χ1n) is 5.47. The van der Waals surface area contributed by atoms with E-state index >= 15 is 0 Å². The third kappa shape index (κ3) is 2.57. The van der Waals surface area contributed by atoms with Crippen molar-refractivity contribution in [2.75, 3.05) is 5.01 Å². The lowest BCUT2D eigenvalue weighted by Crippen LogP contribution is -2.26. The number of hydrazone groups is 1. The van der Waals surface area contributed by atoms with Gasteiger partial charge in [0.25, 0.3) is 5.91 Å². The van der Waals surface area contributed by atoms with Crippen LogP contribution >= 0.6 is 0 Å². The van der Waals surface area contributed by atoms with Crippen molar-refractivity contribution in [3.05, 3.63) is 54.5 Å². The van der Waals surface area contributed by atoms with E-state index in [4.69, 9.17) is 0 Å². The molecule has 5 nitrogen and oxygen atoms in total. The third-order valence-electron chi connectivity index (χ3n) is 2.22. The fraction of sp³-hybridized carbons (Fsp3) is 0.0769. The summed E-state index contributed by atoms with van der Waals surface area (Å²) in [6.07, 6.45) is 6.31. The van der Waals surface area contributed by atoms with Crippen molar-refractivity contribution >= 4 is 17.9 Å². The number of carbonyl (C=O) groups is 1. The van der Waals surface area contributed by atoms with Gasteiger partial charge in [0, 0.05) is 30.4 Å². The van der Waals surface area contributed by atoms with E-state index < -0.39 is 0 Å². The quantitative estimate of drug-likeness (QED) is 0.610. The van der Waals surface area contributed by atoms with Gasteiger partial charge in [-0.1, -0.05) is 6.07 Å². The van der Waals surface area contributed by atoms with Crippen molar-refractivity contribution < 1.29 is 4.79 Å². The summed E-state index contributed by atoms with van der Waals surface area (Å²) in [4.78, 5) is 20.3. The SMILES string of the molecule is C/C=N\N(C(=O)c1ccncc1)c1ccccn1. The zero-order valence-corrected chi connectivity index (χ0v) is 9.89. The van der Waals surface area contributed by atoms with Gasteiger partial charge in [0.15, 0.2) is 5.82 Å². The molecule has 0 unspecified atom stereocenters. The number of pyridine rings is 2. The molecule has 0 saturated heterocycles. The van der Waals surface area contributed by atoms with Crippen molar-refractivity contribution in [1.82, 2.24) is 9.97 Å². The van der Waals surface area contributed by atoms with Gasteiger partial charge in [0.2, 0.25) is 0 Å². The topological polar surface area (TPSA) is 58.5 Å². The molecule has 0 atom stereocenters. The highest BCUT2D eigenvalue weighted by atomic mass is 16.2. The highest BCUT2D eigenvalue weighted by Gasteiger charge is 2.17. The number of rotatable bonds is 3. The highest BCUT2D eigenvalue weighted by molar-refractivity contribution is 6.05. The zero-order chi connectivity index (χ0) is 12.8. The average molecular weight is 240 g/mol. The molecule has 0 aliphatic rings. The van der Waals surface area contributed by atoms with Crippen LogP contribution in [0.5, 0.6) is 0 Å². The third-order valence-corrected chi connectivity index (χ3v) is 2.22. The van der Waals surface area contributed by atoms with Crippen molar-refractivity contribution in [3.8, 4) is 0 Å². The Morgan fingerprint density at radius 3 is 2.61 bits per heavy atom. The van der Waals surface area contributed by atoms with Gasteiger partial charge < -0.3 is 0 Å². The van der Waals surface area contributed by atoms with Gasteiger partial charge in [0.05, 0.1) is 0 Å². The molecule has 2 heterocycles. The molecule has 0 radical (unpaired) electrons. The maximum absolute atomic E-state index is 12.3. The Balaban J connectivity index is 2.35. The van der Waals surface area contributed by atoms with Crippen LogP contribution in [0.1, 0.15) is 17.3 Å². The summed E-state index contributed by atoms with van der Waals surface area (Å²) in [6, 6.07) is 8.60. The lowest BCUT2D eigenvalue weighted by molar-refractivity contribution is 0.0987. The first-order chi connectivity index (χ1) is 8.83. The monoisotopic (exact) mass is 240 g/mol. The van der Waals surface area contributed by atoms with Gasteiger partial charge in [-0.2, -0.15) is 10.1 Å². The van der Waals surface area contributed by atoms with E-state index in [2.05, 4.69) is 15.1 Å². The molecule has 0 N–H and O–H groups in total. The molecule has 5 heteroatoms. The van der Waals surface area contributed by atoms with E-state index in [0.717, 1.165) is 0 Å². The van der Waals surface area contributed by atoms with Gasteiger partial charge in [-0.3, -0.25) is 9.78 Å². The standard InChI is InChI=1S/C13H12N4O/c1-2-16-17(12-5-3-4-8-15-12)13(18)11-6-9-14-10-7-11/h2-10H,1H3/b16-2-. The summed E-state index contributed by atoms with van der Waals surface area (Å²) in [7, 11) is 0. The van der Waals surface area contributed by atoms with Gasteiger partial charge in [-0.05, 0) is 31.2 Å². The summed E-state index contributed by atoms with van der Waals surface area (Å²) in [5.74, 6) is 0.242. The first kappa shape index (κ1) is 11.9. The molecular formula is C13H12N4O. The molecule has 2 aromatic heterocycles. The van der Waals surface area contributed by atoms with Crippen molar-refractivity contribution in [1.29, 1.82) is 0 Å². The molecule has 0 bridgehead atoms. The van der Waals surface area contributed by atoms with Crippen molar-refractivity contribution in [2.45, 2.75) is 6.92 Å². The summed E-state index contributed by atoms with van der Waals surface area (Å²) < 4.78 is 0. The van der Waals surface area contributed by atoms with Gasteiger partial charge in [-0.15, -0.1) is 0 Å². The molecule has 1 amide bonds. The van der Waals surface area contributed by atoms with Gasteiger partial charge in [-0.25, -0.2) is 4.98 Å². The minimum absolute atomic E-state index is 0.241. The Kier molecular flexibility index (Phi) is 3.76. The number of hydrogen-bond acceptors (Lipinski definition) is 4. The molecule has 0 aromatic carbocycles. The second-order valence-electron chi connectivity index (χ2n) is 3.41. The van der Waals surface area contributed by atoms with Crippen LogP contribution in [0.3, 0.4) is 0 Å². The fourth-order valence-electron chi connectivity index (χ4n) is 1.43. The van der Waals surface area contributed by atoms with E-state index in [9.17, 15) is 4.79 Å². The molecule has 0 aliphatic carbocycles. The van der Waals surface area contributed by atoms with Crippen LogP contribution in [0.4, 0.5) is 5.82 Å². The van der Waals surface area contributed by atoms with E-state index in [1.165, 1.54) is 5.01 Å². The van der Waals surface area contributed by atoms with E-state index in [0.29, 0.717) is 11.4 Å². The Labute approximate surface area is 105 Å². The van der Waals surface area contributed by atoms with Crippen LogP contribution in [-0.2, 0) is 0 Å². The number of carbonyl (C=O) groups excluding carboxylic acids is 1. The van der Waals surface area contributed by atoms with Gasteiger partial charge in [0.1, 0.15) is 0 Å². The van der Waals surface area contributed by atoms with Crippen molar-refractivity contribution in [3.63, 3.8) is 0 Å². The number of amides is 1. The lowest BCUT2D eigenvalue weighted by atomic mass is 10.2. The molecular weight excluding hydrogens is 228 g/mol. The molecule has 2 aromatic rings. The smallest absolute Gasteiger partial charge is 0.267 e.